The van der Waals surface area contributed by atoms with Crippen LogP contribution in [0.15, 0.2) is 91.0 Å². The number of amides is 2. The number of anilines is 2. The molecule has 0 bridgehead atoms. The van der Waals surface area contributed by atoms with Gasteiger partial charge in [-0.25, -0.2) is 0 Å². The number of nitrogens with one attached hydrogen (secondary N) is 2. The summed E-state index contributed by atoms with van der Waals surface area (Å²) >= 11 is 0. The molecule has 2 saturated carbocycles. The Kier molecular flexibility index (Phi) is 15.5. The molecule has 61 heavy (non-hydrogen) atoms. The van der Waals surface area contributed by atoms with Gasteiger partial charge in [0.15, 0.2) is 0 Å². The monoisotopic (exact) mass is 825 g/mol. The second kappa shape index (κ2) is 21.2. The smallest absolute Gasteiger partial charge is 0.238 e. The predicted octanol–water partition coefficient (Wildman–Crippen LogP) is 9.87. The molecule has 2 N–H and O–H groups in total. The van der Waals surface area contributed by atoms with E-state index in [0.29, 0.717) is 31.1 Å². The molecule has 8 heteroatoms. The molecule has 4 fully saturated rings. The molecule has 2 aliphatic heterocycles. The maximum atomic E-state index is 12.6. The molecule has 8 rings (SSSR count). The van der Waals surface area contributed by atoms with Crippen LogP contribution < -0.4 is 10.6 Å². The highest BCUT2D eigenvalue weighted by atomic mass is 16.2. The van der Waals surface area contributed by atoms with Gasteiger partial charge in [0.25, 0.3) is 0 Å². The minimum atomic E-state index is 0.0922. The number of nitrogens with zero attached hydrogens (tertiary/aromatic N) is 4. The zero-order valence-electron chi connectivity index (χ0n) is 38.0. The number of rotatable bonds is 15. The quantitative estimate of drug-likeness (QED) is 0.125. The summed E-state index contributed by atoms with van der Waals surface area (Å²) in [6.07, 6.45) is 9.96. The molecule has 0 spiro atoms. The Hall–Kier alpha value is -4.34. The Morgan fingerprint density at radius 1 is 0.557 bits per heavy atom. The second-order valence-electron chi connectivity index (χ2n) is 18.9. The third kappa shape index (κ3) is 13.3. The van der Waals surface area contributed by atoms with Gasteiger partial charge in [0.2, 0.25) is 11.8 Å². The van der Waals surface area contributed by atoms with Crippen LogP contribution in [-0.2, 0) is 22.7 Å². The maximum absolute atomic E-state index is 12.6. The Labute approximate surface area is 367 Å². The highest BCUT2D eigenvalue weighted by Gasteiger charge is 2.37. The van der Waals surface area contributed by atoms with Crippen molar-refractivity contribution in [1.82, 2.24) is 19.6 Å². The molecule has 2 amide bonds. The van der Waals surface area contributed by atoms with Crippen molar-refractivity contribution in [3.05, 3.63) is 130 Å². The summed E-state index contributed by atoms with van der Waals surface area (Å²) < 4.78 is 0. The van der Waals surface area contributed by atoms with Gasteiger partial charge < -0.3 is 10.6 Å². The summed E-state index contributed by atoms with van der Waals surface area (Å²) in [5.41, 5.74) is 10.9. The molecular formula is C53H72N6O2. The fourth-order valence-corrected chi connectivity index (χ4v) is 9.53. The summed E-state index contributed by atoms with van der Waals surface area (Å²) in [4.78, 5) is 35.3. The highest BCUT2D eigenvalue weighted by Crippen LogP contribution is 2.35. The first-order chi connectivity index (χ1) is 29.5. The van der Waals surface area contributed by atoms with E-state index in [-0.39, 0.29) is 11.8 Å². The van der Waals surface area contributed by atoms with E-state index >= 15 is 0 Å². The van der Waals surface area contributed by atoms with Gasteiger partial charge >= 0.3 is 0 Å². The van der Waals surface area contributed by atoms with E-state index in [2.05, 4.69) is 145 Å². The number of hydrogen-bond donors (Lipinski definition) is 2. The average Bonchev–Trinajstić information content (AvgIpc) is 4.18. The summed E-state index contributed by atoms with van der Waals surface area (Å²) in [5, 5.41) is 6.20. The van der Waals surface area contributed by atoms with Crippen molar-refractivity contribution in [3.8, 4) is 0 Å². The number of piperidine rings is 2. The van der Waals surface area contributed by atoms with Gasteiger partial charge in [-0.15, -0.1) is 0 Å². The van der Waals surface area contributed by atoms with E-state index in [9.17, 15) is 9.59 Å². The van der Waals surface area contributed by atoms with Crippen molar-refractivity contribution in [3.63, 3.8) is 0 Å². The van der Waals surface area contributed by atoms with Crippen molar-refractivity contribution in [2.75, 3.05) is 49.9 Å². The van der Waals surface area contributed by atoms with Crippen molar-refractivity contribution in [2.45, 2.75) is 136 Å². The molecule has 2 saturated heterocycles. The number of hydrogen-bond acceptors (Lipinski definition) is 6. The van der Waals surface area contributed by atoms with E-state index in [1.807, 2.05) is 18.2 Å². The van der Waals surface area contributed by atoms with Gasteiger partial charge in [-0.3, -0.25) is 29.2 Å². The van der Waals surface area contributed by atoms with E-state index in [4.69, 9.17) is 0 Å². The van der Waals surface area contributed by atoms with E-state index < -0.39 is 0 Å². The number of likely N-dealkylation sites (tertiary alicyclic amines) is 2. The first kappa shape index (κ1) is 44.7. The van der Waals surface area contributed by atoms with Crippen LogP contribution in [0.5, 0.6) is 0 Å². The van der Waals surface area contributed by atoms with Gasteiger partial charge in [0.1, 0.15) is 0 Å². The standard InChI is InChI=1S/C27H37N3O.C26H35N3O/c1-20(2)23-7-9-24(10-8-23)28-27(31)19-29-15-13-26(14-16-29)30(25-11-12-25)18-22-6-4-5-21(3)17-22;1-19-6-4-9-22(16-19)17-29(23-10-11-23)24-12-14-28(15-13-24)18-25(30)27-26-20(2)7-5-8-21(26)3/h4-10,17,20,25-26H,11-16,18-19H2,1-3H3,(H,28,31);4-9,16,23-24H,10-15,17-18H2,1-3H3,(H,27,30). The van der Waals surface area contributed by atoms with E-state index in [1.165, 1.54) is 53.5 Å². The number of aryl methyl sites for hydroxylation is 4. The molecule has 0 radical (unpaired) electrons. The van der Waals surface area contributed by atoms with Crippen LogP contribution >= 0.6 is 0 Å². The highest BCUT2D eigenvalue weighted by molar-refractivity contribution is 5.94. The second-order valence-corrected chi connectivity index (χ2v) is 18.9. The van der Waals surface area contributed by atoms with Crippen LogP contribution in [0, 0.1) is 27.7 Å². The summed E-state index contributed by atoms with van der Waals surface area (Å²) in [5.74, 6) is 0.700. The minimum absolute atomic E-state index is 0.0922. The van der Waals surface area contributed by atoms with Gasteiger partial charge in [-0.05, 0) is 125 Å². The normalized spacial score (nSPS) is 18.0. The largest absolute Gasteiger partial charge is 0.325 e. The molecule has 4 aromatic carbocycles. The van der Waals surface area contributed by atoms with Crippen LogP contribution in [0.4, 0.5) is 11.4 Å². The molecule has 326 valence electrons. The minimum Gasteiger partial charge on any atom is -0.325 e. The lowest BCUT2D eigenvalue weighted by Crippen LogP contribution is -2.47. The SMILES string of the molecule is Cc1cccc(CN(C2CC2)C2CCN(CC(=O)Nc3c(C)cccc3C)CC2)c1.Cc1cccc(CN(C2CC2)C2CCN(CC(=O)Nc3ccc(C(C)C)cc3)CC2)c1. The molecule has 0 atom stereocenters. The molecule has 8 nitrogen and oxygen atoms in total. The van der Waals surface area contributed by atoms with Crippen molar-refractivity contribution in [2.24, 2.45) is 0 Å². The van der Waals surface area contributed by atoms with Crippen LogP contribution in [-0.4, -0.2) is 94.8 Å². The maximum Gasteiger partial charge on any atom is 0.238 e. The fourth-order valence-electron chi connectivity index (χ4n) is 9.53. The number of benzene rings is 4. The lowest BCUT2D eigenvalue weighted by atomic mass is 10.0. The Morgan fingerprint density at radius 3 is 1.38 bits per heavy atom. The zero-order chi connectivity index (χ0) is 42.9. The topological polar surface area (TPSA) is 71.2 Å². The van der Waals surface area contributed by atoms with Crippen LogP contribution in [0.2, 0.25) is 0 Å². The molecule has 2 heterocycles. The van der Waals surface area contributed by atoms with Gasteiger partial charge in [-0.1, -0.05) is 104 Å². The Bertz CT molecular complexity index is 2020. The zero-order valence-corrected chi connectivity index (χ0v) is 38.0. The number of carbonyl (C=O) groups excluding carboxylic acids is 2. The molecule has 4 aromatic rings. The first-order valence-corrected chi connectivity index (χ1v) is 23.3. The predicted molar refractivity (Wildman–Crippen MR) is 252 cm³/mol. The van der Waals surface area contributed by atoms with Crippen molar-refractivity contribution >= 4 is 23.2 Å². The van der Waals surface area contributed by atoms with Gasteiger partial charge in [0.05, 0.1) is 13.1 Å². The van der Waals surface area contributed by atoms with Gasteiger partial charge in [0, 0.05) is 74.8 Å². The Balaban J connectivity index is 0.000000184. The average molecular weight is 825 g/mol. The van der Waals surface area contributed by atoms with E-state index in [1.54, 1.807) is 0 Å². The molecule has 4 aliphatic rings. The van der Waals surface area contributed by atoms with E-state index in [0.717, 1.165) is 99.5 Å². The van der Waals surface area contributed by atoms with Crippen molar-refractivity contribution < 1.29 is 9.59 Å². The number of carbonyl (C=O) groups is 2. The number of para-hydroxylation sites is 1. The van der Waals surface area contributed by atoms with Crippen LogP contribution in [0.25, 0.3) is 0 Å². The van der Waals surface area contributed by atoms with Crippen LogP contribution in [0.1, 0.15) is 110 Å². The lowest BCUT2D eigenvalue weighted by Gasteiger charge is -2.38. The molecular weight excluding hydrogens is 753 g/mol. The first-order valence-electron chi connectivity index (χ1n) is 23.3. The van der Waals surface area contributed by atoms with Crippen LogP contribution in [0.3, 0.4) is 0 Å². The third-order valence-corrected chi connectivity index (χ3v) is 13.3. The van der Waals surface area contributed by atoms with Crippen molar-refractivity contribution in [1.29, 1.82) is 0 Å². The summed E-state index contributed by atoms with van der Waals surface area (Å²) in [7, 11) is 0. The molecule has 2 aliphatic carbocycles. The summed E-state index contributed by atoms with van der Waals surface area (Å²) in [6, 6.07) is 35.0. The molecule has 0 unspecified atom stereocenters. The third-order valence-electron chi connectivity index (χ3n) is 13.3. The summed E-state index contributed by atoms with van der Waals surface area (Å²) in [6.45, 7) is 19.9. The lowest BCUT2D eigenvalue weighted by molar-refractivity contribution is -0.118. The van der Waals surface area contributed by atoms with Gasteiger partial charge in [-0.2, -0.15) is 0 Å². The molecule has 0 aromatic heterocycles. The Morgan fingerprint density at radius 2 is 0.967 bits per heavy atom. The fraction of sp³-hybridized carbons (Fsp3) is 0.509.